The van der Waals surface area contributed by atoms with Gasteiger partial charge >= 0.3 is 5.97 Å². The van der Waals surface area contributed by atoms with Crippen molar-refractivity contribution in [3.63, 3.8) is 0 Å². The van der Waals surface area contributed by atoms with Gasteiger partial charge < -0.3 is 14.8 Å². The third-order valence-corrected chi connectivity index (χ3v) is 4.96. The normalized spacial score (nSPS) is 27.0. The van der Waals surface area contributed by atoms with Crippen LogP contribution >= 0.6 is 0 Å². The van der Waals surface area contributed by atoms with E-state index in [4.69, 9.17) is 9.47 Å². The zero-order valence-electron chi connectivity index (χ0n) is 16.4. The summed E-state index contributed by atoms with van der Waals surface area (Å²) in [4.78, 5) is 24.1. The molecule has 0 aromatic rings. The number of carbonyl (C=O) groups is 2. The summed E-state index contributed by atoms with van der Waals surface area (Å²) in [5.74, 6) is -0.233. The Morgan fingerprint density at radius 1 is 1.40 bits per heavy atom. The van der Waals surface area contributed by atoms with Crippen LogP contribution in [0.3, 0.4) is 0 Å². The molecule has 0 unspecified atom stereocenters. The maximum atomic E-state index is 12.2. The number of esters is 1. The van der Waals surface area contributed by atoms with Crippen LogP contribution in [0.2, 0.25) is 0 Å². The van der Waals surface area contributed by atoms with Crippen LogP contribution in [0, 0.1) is 5.92 Å². The predicted molar refractivity (Wildman–Crippen MR) is 98.2 cm³/mol. The molecule has 0 saturated carbocycles. The van der Waals surface area contributed by atoms with E-state index in [0.717, 1.165) is 12.8 Å². The summed E-state index contributed by atoms with van der Waals surface area (Å²) < 4.78 is 11.0. The Bertz CT molecular complexity index is 480. The first kappa shape index (κ1) is 21.6. The monoisotopic (exact) mass is 354 g/mol. The van der Waals surface area contributed by atoms with Gasteiger partial charge in [-0.2, -0.15) is 0 Å². The van der Waals surface area contributed by atoms with Gasteiger partial charge in [0.15, 0.2) is 0 Å². The van der Waals surface area contributed by atoms with Crippen molar-refractivity contribution in [2.45, 2.75) is 77.6 Å². The highest BCUT2D eigenvalue weighted by atomic mass is 16.5. The van der Waals surface area contributed by atoms with Crippen molar-refractivity contribution in [1.82, 2.24) is 10.6 Å². The third-order valence-electron chi connectivity index (χ3n) is 4.96. The molecule has 5 atom stereocenters. The van der Waals surface area contributed by atoms with Gasteiger partial charge in [-0.05, 0) is 39.5 Å². The van der Waals surface area contributed by atoms with Crippen molar-refractivity contribution in [2.75, 3.05) is 13.7 Å². The minimum Gasteiger partial charge on any atom is -0.465 e. The van der Waals surface area contributed by atoms with Crippen LogP contribution in [0.1, 0.15) is 53.9 Å². The summed E-state index contributed by atoms with van der Waals surface area (Å²) in [6, 6.07) is -0.730. The molecule has 0 radical (unpaired) electrons. The van der Waals surface area contributed by atoms with E-state index in [0.29, 0.717) is 13.0 Å². The zero-order chi connectivity index (χ0) is 19.0. The molecule has 1 aliphatic rings. The molecule has 1 amide bonds. The first-order chi connectivity index (χ1) is 11.8. The van der Waals surface area contributed by atoms with Crippen LogP contribution in [0.5, 0.6) is 0 Å². The summed E-state index contributed by atoms with van der Waals surface area (Å²) in [6.45, 7) is 9.74. The quantitative estimate of drug-likeness (QED) is 0.490. The number of methoxy groups -OCH3 is 1. The molecule has 1 heterocycles. The summed E-state index contributed by atoms with van der Waals surface area (Å²) in [5, 5.41) is 6.46. The lowest BCUT2D eigenvalue weighted by Crippen LogP contribution is -2.62. The number of hydrogen-bond donors (Lipinski definition) is 2. The maximum absolute atomic E-state index is 12.2. The van der Waals surface area contributed by atoms with Crippen molar-refractivity contribution in [2.24, 2.45) is 5.92 Å². The number of ether oxygens (including phenoxy) is 2. The van der Waals surface area contributed by atoms with E-state index in [1.165, 1.54) is 6.92 Å². The van der Waals surface area contributed by atoms with E-state index < -0.39 is 5.60 Å². The second-order valence-corrected chi connectivity index (χ2v) is 6.87. The van der Waals surface area contributed by atoms with E-state index >= 15 is 0 Å². The van der Waals surface area contributed by atoms with Crippen LogP contribution in [-0.2, 0) is 19.1 Å². The largest absolute Gasteiger partial charge is 0.465 e. The molecule has 0 spiro atoms. The molecule has 1 aliphatic heterocycles. The van der Waals surface area contributed by atoms with Crippen molar-refractivity contribution >= 4 is 11.9 Å². The molecular weight excluding hydrogens is 320 g/mol. The van der Waals surface area contributed by atoms with Gasteiger partial charge in [0.25, 0.3) is 0 Å². The van der Waals surface area contributed by atoms with Gasteiger partial charge in [-0.1, -0.05) is 25.5 Å². The van der Waals surface area contributed by atoms with Crippen molar-refractivity contribution in [1.29, 1.82) is 0 Å². The number of nitrogens with one attached hydrogen (secondary N) is 2. The van der Waals surface area contributed by atoms with Gasteiger partial charge in [0, 0.05) is 20.1 Å². The van der Waals surface area contributed by atoms with Gasteiger partial charge in [-0.25, -0.2) is 0 Å². The first-order valence-electron chi connectivity index (χ1n) is 9.20. The molecule has 2 N–H and O–H groups in total. The van der Waals surface area contributed by atoms with Gasteiger partial charge in [0.1, 0.15) is 6.04 Å². The van der Waals surface area contributed by atoms with Crippen molar-refractivity contribution in [3.8, 4) is 0 Å². The second kappa shape index (κ2) is 9.92. The minimum atomic E-state index is -0.526. The fourth-order valence-electron chi connectivity index (χ4n) is 3.76. The Labute approximate surface area is 151 Å². The molecule has 144 valence electrons. The molecular formula is C19H34N2O4. The number of amides is 1. The number of hydrogen-bond acceptors (Lipinski definition) is 5. The van der Waals surface area contributed by atoms with E-state index in [9.17, 15) is 9.59 Å². The summed E-state index contributed by atoms with van der Waals surface area (Å²) in [7, 11) is 1.67. The van der Waals surface area contributed by atoms with E-state index in [2.05, 4.69) is 23.6 Å². The van der Waals surface area contributed by atoms with Gasteiger partial charge in [-0.15, -0.1) is 0 Å². The Morgan fingerprint density at radius 2 is 2.08 bits per heavy atom. The standard InChI is InChI=1S/C19H34N2O4/c1-7-10-14-12-15(18(23)25-9-3)21-16(14)17(20-13(4)22)19(5,24-6)11-8-2/h7,10,14-17,21H,8-9,11-12H2,1-6H3,(H,20,22)/t14-,15+,16-,17-,19+/m0/s1. The van der Waals surface area contributed by atoms with Gasteiger partial charge in [0.05, 0.1) is 18.2 Å². The second-order valence-electron chi connectivity index (χ2n) is 6.87. The van der Waals surface area contributed by atoms with Crippen LogP contribution in [0.4, 0.5) is 0 Å². The Balaban J connectivity index is 3.15. The van der Waals surface area contributed by atoms with Crippen LogP contribution in [-0.4, -0.2) is 49.3 Å². The van der Waals surface area contributed by atoms with Gasteiger partial charge in [-0.3, -0.25) is 14.9 Å². The molecule has 1 rings (SSSR count). The Hall–Kier alpha value is -1.40. The average Bonchev–Trinajstić information content (AvgIpc) is 2.97. The van der Waals surface area contributed by atoms with Crippen LogP contribution in [0.25, 0.3) is 0 Å². The average molecular weight is 354 g/mol. The fourth-order valence-corrected chi connectivity index (χ4v) is 3.76. The SMILES string of the molecule is CC=C[C@H]1C[C@H](C(=O)OCC)N[C@@H]1[C@H](NC(C)=O)[C@@](C)(CCC)OC. The van der Waals surface area contributed by atoms with Crippen LogP contribution < -0.4 is 10.6 Å². The molecule has 1 saturated heterocycles. The van der Waals surface area contributed by atoms with E-state index in [1.807, 2.05) is 19.9 Å². The van der Waals surface area contributed by atoms with Gasteiger partial charge in [0.2, 0.25) is 5.91 Å². The predicted octanol–water partition coefficient (Wildman–Crippen LogP) is 2.18. The molecule has 25 heavy (non-hydrogen) atoms. The molecule has 6 heteroatoms. The minimum absolute atomic E-state index is 0.106. The third kappa shape index (κ3) is 5.54. The summed E-state index contributed by atoms with van der Waals surface area (Å²) in [6.07, 6.45) is 6.47. The highest BCUT2D eigenvalue weighted by Gasteiger charge is 2.47. The molecule has 1 fully saturated rings. The Morgan fingerprint density at radius 3 is 2.56 bits per heavy atom. The van der Waals surface area contributed by atoms with E-state index in [-0.39, 0.29) is 35.9 Å². The lowest BCUT2D eigenvalue weighted by Gasteiger charge is -2.41. The topological polar surface area (TPSA) is 76.7 Å². The molecule has 0 aliphatic carbocycles. The van der Waals surface area contributed by atoms with Crippen molar-refractivity contribution < 1.29 is 19.1 Å². The highest BCUT2D eigenvalue weighted by Crippen LogP contribution is 2.32. The molecule has 0 aromatic heterocycles. The number of rotatable bonds is 9. The lowest BCUT2D eigenvalue weighted by atomic mass is 9.81. The molecule has 0 bridgehead atoms. The van der Waals surface area contributed by atoms with Crippen molar-refractivity contribution in [3.05, 3.63) is 12.2 Å². The maximum Gasteiger partial charge on any atom is 0.323 e. The summed E-state index contributed by atoms with van der Waals surface area (Å²) in [5.41, 5.74) is -0.526. The summed E-state index contributed by atoms with van der Waals surface area (Å²) >= 11 is 0. The fraction of sp³-hybridized carbons (Fsp3) is 0.789. The van der Waals surface area contributed by atoms with E-state index in [1.54, 1.807) is 14.0 Å². The first-order valence-corrected chi connectivity index (χ1v) is 9.20. The Kier molecular flexibility index (Phi) is 8.59. The highest BCUT2D eigenvalue weighted by molar-refractivity contribution is 5.76. The lowest BCUT2D eigenvalue weighted by molar-refractivity contribution is -0.145. The smallest absolute Gasteiger partial charge is 0.323 e. The number of allylic oxidation sites excluding steroid dienone is 1. The van der Waals surface area contributed by atoms with Crippen LogP contribution in [0.15, 0.2) is 12.2 Å². The molecule has 0 aromatic carbocycles. The zero-order valence-corrected chi connectivity index (χ0v) is 16.4. The molecule has 6 nitrogen and oxygen atoms in total. The number of carbonyl (C=O) groups excluding carboxylic acids is 2.